The van der Waals surface area contributed by atoms with Crippen molar-refractivity contribution in [2.75, 3.05) is 11.9 Å². The fourth-order valence-corrected chi connectivity index (χ4v) is 1.84. The van der Waals surface area contributed by atoms with Crippen molar-refractivity contribution in [1.82, 2.24) is 0 Å². The molecule has 0 aliphatic carbocycles. The zero-order valence-corrected chi connectivity index (χ0v) is 8.44. The van der Waals surface area contributed by atoms with Crippen LogP contribution < -0.4 is 5.32 Å². The summed E-state index contributed by atoms with van der Waals surface area (Å²) in [5, 5.41) is 13.1. The Morgan fingerprint density at radius 2 is 2.15 bits per heavy atom. The Morgan fingerprint density at radius 3 is 2.85 bits per heavy atom. The second-order valence-electron chi connectivity index (χ2n) is 4.09. The number of nitrogens with one attached hydrogen (secondary N) is 1. The fraction of sp³-hybridized carbons (Fsp3) is 0.400. The summed E-state index contributed by atoms with van der Waals surface area (Å²) in [6, 6.07) is 3.53. The predicted octanol–water partition coefficient (Wildman–Crippen LogP) is 2.75. The first kappa shape index (κ1) is 8.70. The van der Waals surface area contributed by atoms with Crippen LogP contribution in [-0.4, -0.2) is 11.7 Å². The number of phenolic OH excluding ortho intramolecular Hbond substituents is 1. The normalized spacial score (nSPS) is 18.1. The molecule has 2 N–H and O–H groups in total. The molecule has 1 heterocycles. The van der Waals surface area contributed by atoms with Crippen LogP contribution in [0.1, 0.15) is 19.4 Å². The molecule has 0 atom stereocenters. The van der Waals surface area contributed by atoms with Crippen molar-refractivity contribution in [3.05, 3.63) is 22.7 Å². The van der Waals surface area contributed by atoms with E-state index in [9.17, 15) is 5.11 Å². The van der Waals surface area contributed by atoms with E-state index in [2.05, 4.69) is 19.2 Å². The van der Waals surface area contributed by atoms with Gasteiger partial charge in [-0.2, -0.15) is 0 Å². The van der Waals surface area contributed by atoms with E-state index < -0.39 is 0 Å². The third-order valence-corrected chi connectivity index (χ3v) is 2.84. The highest BCUT2D eigenvalue weighted by Crippen LogP contribution is 2.41. The van der Waals surface area contributed by atoms with Crippen LogP contribution in [0.15, 0.2) is 12.1 Å². The van der Waals surface area contributed by atoms with Crippen molar-refractivity contribution < 1.29 is 5.11 Å². The predicted molar refractivity (Wildman–Crippen MR) is 54.6 cm³/mol. The van der Waals surface area contributed by atoms with Gasteiger partial charge in [0, 0.05) is 17.6 Å². The lowest BCUT2D eigenvalue weighted by Gasteiger charge is -2.17. The minimum atomic E-state index is 0.0808. The van der Waals surface area contributed by atoms with Crippen molar-refractivity contribution in [1.29, 1.82) is 0 Å². The minimum absolute atomic E-state index is 0.0808. The summed E-state index contributed by atoms with van der Waals surface area (Å²) in [5.74, 6) is 0.164. The molecular formula is C10H12ClNO. The Bertz CT molecular complexity index is 360. The number of fused-ring (bicyclic) bond motifs is 1. The monoisotopic (exact) mass is 197 g/mol. The van der Waals surface area contributed by atoms with E-state index in [1.807, 2.05) is 0 Å². The molecule has 70 valence electrons. The van der Waals surface area contributed by atoms with E-state index in [-0.39, 0.29) is 11.2 Å². The van der Waals surface area contributed by atoms with Gasteiger partial charge >= 0.3 is 0 Å². The van der Waals surface area contributed by atoms with Gasteiger partial charge in [-0.25, -0.2) is 0 Å². The third kappa shape index (κ3) is 1.25. The van der Waals surface area contributed by atoms with Gasteiger partial charge in [0.1, 0.15) is 5.75 Å². The Hall–Kier alpha value is -0.890. The maximum Gasteiger partial charge on any atom is 0.134 e. The molecule has 0 fully saturated rings. The van der Waals surface area contributed by atoms with E-state index in [0.717, 1.165) is 17.8 Å². The Kier molecular flexibility index (Phi) is 1.70. The van der Waals surface area contributed by atoms with Gasteiger partial charge in [-0.15, -0.1) is 0 Å². The number of hydrogen-bond acceptors (Lipinski definition) is 2. The van der Waals surface area contributed by atoms with Crippen molar-refractivity contribution in [3.8, 4) is 5.75 Å². The number of halogens is 1. The molecule has 0 radical (unpaired) electrons. The quantitative estimate of drug-likeness (QED) is 0.627. The first-order valence-corrected chi connectivity index (χ1v) is 4.65. The maximum absolute atomic E-state index is 9.46. The number of anilines is 1. The zero-order valence-electron chi connectivity index (χ0n) is 7.69. The molecule has 2 nitrogen and oxygen atoms in total. The molecule has 1 aromatic rings. The van der Waals surface area contributed by atoms with Gasteiger partial charge in [-0.05, 0) is 17.7 Å². The zero-order chi connectivity index (χ0) is 9.64. The second-order valence-corrected chi connectivity index (χ2v) is 4.49. The second kappa shape index (κ2) is 2.55. The van der Waals surface area contributed by atoms with Crippen LogP contribution in [0.2, 0.25) is 5.02 Å². The third-order valence-electron chi connectivity index (χ3n) is 2.54. The summed E-state index contributed by atoms with van der Waals surface area (Å²) < 4.78 is 0. The molecule has 3 heteroatoms. The van der Waals surface area contributed by atoms with Gasteiger partial charge in [0.15, 0.2) is 0 Å². The molecule has 1 aliphatic rings. The average molecular weight is 198 g/mol. The molecule has 0 bridgehead atoms. The lowest BCUT2D eigenvalue weighted by Crippen LogP contribution is -2.18. The number of aromatic hydroxyl groups is 1. The van der Waals surface area contributed by atoms with Gasteiger partial charge in [0.05, 0.1) is 5.02 Å². The number of benzene rings is 1. The van der Waals surface area contributed by atoms with Crippen molar-refractivity contribution in [3.63, 3.8) is 0 Å². The number of rotatable bonds is 0. The van der Waals surface area contributed by atoms with Crippen molar-refractivity contribution in [2.45, 2.75) is 19.3 Å². The molecule has 0 amide bonds. The molecule has 0 saturated carbocycles. The van der Waals surface area contributed by atoms with E-state index >= 15 is 0 Å². The summed E-state index contributed by atoms with van der Waals surface area (Å²) in [6.07, 6.45) is 0. The molecular weight excluding hydrogens is 186 g/mol. The fourth-order valence-electron chi connectivity index (χ4n) is 1.68. The van der Waals surface area contributed by atoms with E-state index in [1.54, 1.807) is 12.1 Å². The van der Waals surface area contributed by atoms with E-state index in [0.29, 0.717) is 5.02 Å². The van der Waals surface area contributed by atoms with Crippen LogP contribution in [0.3, 0.4) is 0 Å². The Labute approximate surface area is 82.5 Å². The lowest BCUT2D eigenvalue weighted by atomic mass is 9.87. The van der Waals surface area contributed by atoms with Crippen molar-refractivity contribution in [2.24, 2.45) is 0 Å². The minimum Gasteiger partial charge on any atom is -0.506 e. The molecule has 2 rings (SSSR count). The Balaban J connectivity index is 2.61. The summed E-state index contributed by atoms with van der Waals surface area (Å²) in [7, 11) is 0. The van der Waals surface area contributed by atoms with E-state index in [4.69, 9.17) is 11.6 Å². The molecule has 1 aliphatic heterocycles. The maximum atomic E-state index is 9.46. The van der Waals surface area contributed by atoms with Gasteiger partial charge in [0.25, 0.3) is 0 Å². The summed E-state index contributed by atoms with van der Waals surface area (Å²) in [5.41, 5.74) is 2.25. The topological polar surface area (TPSA) is 32.3 Å². The number of phenols is 1. The largest absolute Gasteiger partial charge is 0.506 e. The molecule has 0 aromatic heterocycles. The first-order valence-electron chi connectivity index (χ1n) is 4.27. The highest BCUT2D eigenvalue weighted by Gasteiger charge is 2.30. The van der Waals surface area contributed by atoms with Crippen LogP contribution in [-0.2, 0) is 5.41 Å². The Morgan fingerprint density at radius 1 is 1.46 bits per heavy atom. The summed E-state index contributed by atoms with van der Waals surface area (Å²) in [6.45, 7) is 5.17. The van der Waals surface area contributed by atoms with Crippen molar-refractivity contribution >= 4 is 17.3 Å². The SMILES string of the molecule is CC1(C)CNc2cc(Cl)c(O)cc21. The lowest BCUT2D eigenvalue weighted by molar-refractivity contribution is 0.472. The molecule has 1 aromatic carbocycles. The van der Waals surface area contributed by atoms with Crippen LogP contribution >= 0.6 is 11.6 Å². The molecule has 0 saturated heterocycles. The highest BCUT2D eigenvalue weighted by molar-refractivity contribution is 6.32. The average Bonchev–Trinajstić information content (AvgIpc) is 2.31. The number of hydrogen-bond donors (Lipinski definition) is 2. The summed E-state index contributed by atoms with van der Waals surface area (Å²) >= 11 is 5.80. The van der Waals surface area contributed by atoms with Crippen LogP contribution in [0.25, 0.3) is 0 Å². The molecule has 0 unspecified atom stereocenters. The van der Waals surface area contributed by atoms with Crippen LogP contribution in [0.5, 0.6) is 5.75 Å². The van der Waals surface area contributed by atoms with Gasteiger partial charge < -0.3 is 10.4 Å². The van der Waals surface area contributed by atoms with Gasteiger partial charge in [-0.3, -0.25) is 0 Å². The molecule has 13 heavy (non-hydrogen) atoms. The smallest absolute Gasteiger partial charge is 0.134 e. The molecule has 0 spiro atoms. The van der Waals surface area contributed by atoms with Gasteiger partial charge in [0.2, 0.25) is 0 Å². The first-order chi connectivity index (χ1) is 6.00. The van der Waals surface area contributed by atoms with Crippen LogP contribution in [0.4, 0.5) is 5.69 Å². The van der Waals surface area contributed by atoms with Gasteiger partial charge in [-0.1, -0.05) is 25.4 Å². The summed E-state index contributed by atoms with van der Waals surface area (Å²) in [4.78, 5) is 0. The standard InChI is InChI=1S/C10H12ClNO/c1-10(2)5-12-8-4-7(11)9(13)3-6(8)10/h3-4,12-13H,5H2,1-2H3. The van der Waals surface area contributed by atoms with Crippen LogP contribution in [0, 0.1) is 0 Å². The van der Waals surface area contributed by atoms with E-state index in [1.165, 1.54) is 0 Å². The highest BCUT2D eigenvalue weighted by atomic mass is 35.5.